The van der Waals surface area contributed by atoms with Gasteiger partial charge in [-0.1, -0.05) is 39.8 Å². The lowest BCUT2D eigenvalue weighted by molar-refractivity contribution is 0.214. The number of ether oxygens (including phenoxy) is 1. The zero-order valence-electron chi connectivity index (χ0n) is 14.6. The van der Waals surface area contributed by atoms with E-state index < -0.39 is 0 Å². The van der Waals surface area contributed by atoms with Crippen LogP contribution in [0.5, 0.6) is 5.75 Å². The predicted molar refractivity (Wildman–Crippen MR) is 93.6 cm³/mol. The van der Waals surface area contributed by atoms with E-state index in [4.69, 9.17) is 10.5 Å². The summed E-state index contributed by atoms with van der Waals surface area (Å²) >= 11 is 0. The molecule has 0 saturated heterocycles. The van der Waals surface area contributed by atoms with Gasteiger partial charge in [0.05, 0.1) is 6.61 Å². The quantitative estimate of drug-likeness (QED) is 0.685. The van der Waals surface area contributed by atoms with Gasteiger partial charge in [-0.2, -0.15) is 0 Å². The van der Waals surface area contributed by atoms with Crippen LogP contribution in [0.2, 0.25) is 0 Å². The fraction of sp³-hybridized carbons (Fsp3) is 0.684. The zero-order valence-corrected chi connectivity index (χ0v) is 14.6. The minimum Gasteiger partial charge on any atom is -0.493 e. The van der Waals surface area contributed by atoms with Crippen LogP contribution in [-0.4, -0.2) is 24.9 Å². The van der Waals surface area contributed by atoms with Crippen molar-refractivity contribution in [3.63, 3.8) is 0 Å². The second-order valence-electron chi connectivity index (χ2n) is 6.43. The molecule has 2 unspecified atom stereocenters. The molecule has 3 N–H and O–H groups in total. The minimum atomic E-state index is 0.168. The maximum absolute atomic E-state index is 9.40. The summed E-state index contributed by atoms with van der Waals surface area (Å²) in [6.45, 7) is 10.2. The first-order valence-corrected chi connectivity index (χ1v) is 8.64. The first-order chi connectivity index (χ1) is 10.6. The lowest BCUT2D eigenvalue weighted by Crippen LogP contribution is -2.20. The van der Waals surface area contributed by atoms with Crippen molar-refractivity contribution in [3.05, 3.63) is 29.3 Å². The first kappa shape index (κ1) is 19.0. The third-order valence-electron chi connectivity index (χ3n) is 4.29. The number of aliphatic hydroxyl groups is 1. The highest BCUT2D eigenvalue weighted by molar-refractivity contribution is 5.40. The Morgan fingerprint density at radius 1 is 1.23 bits per heavy atom. The van der Waals surface area contributed by atoms with Crippen LogP contribution >= 0.6 is 0 Å². The van der Waals surface area contributed by atoms with E-state index >= 15 is 0 Å². The van der Waals surface area contributed by atoms with Crippen LogP contribution in [0.3, 0.4) is 0 Å². The zero-order chi connectivity index (χ0) is 16.5. The van der Waals surface area contributed by atoms with Crippen LogP contribution in [0.15, 0.2) is 18.2 Å². The summed E-state index contributed by atoms with van der Waals surface area (Å²) in [6, 6.07) is 6.57. The molecule has 22 heavy (non-hydrogen) atoms. The molecule has 2 atom stereocenters. The minimum absolute atomic E-state index is 0.168. The Kier molecular flexibility index (Phi) is 8.51. The van der Waals surface area contributed by atoms with Gasteiger partial charge in [-0.3, -0.25) is 0 Å². The van der Waals surface area contributed by atoms with Crippen LogP contribution in [-0.2, 0) is 0 Å². The van der Waals surface area contributed by atoms with Crippen molar-refractivity contribution in [2.24, 2.45) is 11.7 Å². The highest BCUT2D eigenvalue weighted by atomic mass is 16.5. The molecule has 0 aliphatic heterocycles. The molecule has 126 valence electrons. The van der Waals surface area contributed by atoms with Crippen molar-refractivity contribution in [2.45, 2.75) is 58.8 Å². The Labute approximate surface area is 135 Å². The van der Waals surface area contributed by atoms with Crippen molar-refractivity contribution < 1.29 is 9.84 Å². The van der Waals surface area contributed by atoms with Gasteiger partial charge >= 0.3 is 0 Å². The van der Waals surface area contributed by atoms with Crippen LogP contribution in [0, 0.1) is 5.92 Å². The Morgan fingerprint density at radius 3 is 2.45 bits per heavy atom. The van der Waals surface area contributed by atoms with Gasteiger partial charge in [-0.15, -0.1) is 0 Å². The van der Waals surface area contributed by atoms with E-state index in [0.717, 1.165) is 31.6 Å². The van der Waals surface area contributed by atoms with Crippen molar-refractivity contribution in [1.82, 2.24) is 0 Å². The van der Waals surface area contributed by atoms with Gasteiger partial charge in [-0.25, -0.2) is 0 Å². The molecule has 0 heterocycles. The molecule has 0 aliphatic carbocycles. The van der Waals surface area contributed by atoms with E-state index in [1.807, 2.05) is 0 Å². The van der Waals surface area contributed by atoms with Crippen molar-refractivity contribution in [2.75, 3.05) is 19.8 Å². The van der Waals surface area contributed by atoms with Crippen molar-refractivity contribution in [1.29, 1.82) is 0 Å². The molecule has 0 radical (unpaired) electrons. The van der Waals surface area contributed by atoms with Crippen molar-refractivity contribution in [3.8, 4) is 5.75 Å². The number of aliphatic hydroxyl groups excluding tert-OH is 1. The second kappa shape index (κ2) is 9.86. The highest BCUT2D eigenvalue weighted by Gasteiger charge is 2.18. The van der Waals surface area contributed by atoms with Gasteiger partial charge in [0.2, 0.25) is 0 Å². The van der Waals surface area contributed by atoms with E-state index in [1.54, 1.807) is 0 Å². The average Bonchev–Trinajstić information content (AvgIpc) is 2.54. The van der Waals surface area contributed by atoms with Crippen LogP contribution in [0.1, 0.15) is 69.9 Å². The summed E-state index contributed by atoms with van der Waals surface area (Å²) in [6.07, 6.45) is 3.02. The Morgan fingerprint density at radius 2 is 1.95 bits per heavy atom. The lowest BCUT2D eigenvalue weighted by Gasteiger charge is -2.23. The van der Waals surface area contributed by atoms with E-state index in [9.17, 15) is 5.11 Å². The third kappa shape index (κ3) is 5.29. The summed E-state index contributed by atoms with van der Waals surface area (Å²) in [4.78, 5) is 0. The van der Waals surface area contributed by atoms with Crippen LogP contribution in [0.4, 0.5) is 0 Å². The maximum Gasteiger partial charge on any atom is 0.122 e. The van der Waals surface area contributed by atoms with Gasteiger partial charge in [-0.05, 0) is 60.8 Å². The molecule has 0 aliphatic rings. The number of hydrogen-bond acceptors (Lipinski definition) is 3. The molecule has 3 heteroatoms. The normalized spacial score (nSPS) is 14.1. The molecule has 0 fully saturated rings. The largest absolute Gasteiger partial charge is 0.493 e. The van der Waals surface area contributed by atoms with Gasteiger partial charge in [0, 0.05) is 6.61 Å². The number of hydrogen-bond donors (Lipinski definition) is 2. The van der Waals surface area contributed by atoms with Gasteiger partial charge < -0.3 is 15.6 Å². The molecule has 0 saturated carbocycles. The Hall–Kier alpha value is -1.06. The number of benzene rings is 1. The number of nitrogens with two attached hydrogens (primary N) is 1. The fourth-order valence-electron chi connectivity index (χ4n) is 2.80. The highest BCUT2D eigenvalue weighted by Crippen LogP contribution is 2.33. The van der Waals surface area contributed by atoms with Crippen LogP contribution in [0.25, 0.3) is 0 Å². The molecule has 0 bridgehead atoms. The summed E-state index contributed by atoms with van der Waals surface area (Å²) < 4.78 is 5.88. The molecule has 1 aromatic rings. The molecular formula is C19H33NO2. The number of rotatable bonds is 10. The smallest absolute Gasteiger partial charge is 0.122 e. The van der Waals surface area contributed by atoms with E-state index in [-0.39, 0.29) is 12.5 Å². The molecule has 0 spiro atoms. The van der Waals surface area contributed by atoms with Gasteiger partial charge in [0.25, 0.3) is 0 Å². The Bertz CT molecular complexity index is 427. The van der Waals surface area contributed by atoms with Gasteiger partial charge in [0.1, 0.15) is 5.75 Å². The average molecular weight is 307 g/mol. The predicted octanol–water partition coefficient (Wildman–Crippen LogP) is 4.05. The molecule has 0 amide bonds. The maximum atomic E-state index is 9.40. The first-order valence-electron chi connectivity index (χ1n) is 8.64. The summed E-state index contributed by atoms with van der Waals surface area (Å²) in [5.41, 5.74) is 8.35. The van der Waals surface area contributed by atoms with Crippen LogP contribution < -0.4 is 10.5 Å². The van der Waals surface area contributed by atoms with E-state index in [0.29, 0.717) is 18.4 Å². The molecule has 1 rings (SSSR count). The summed E-state index contributed by atoms with van der Waals surface area (Å²) in [5, 5.41) is 9.40. The topological polar surface area (TPSA) is 55.5 Å². The van der Waals surface area contributed by atoms with Gasteiger partial charge in [0.15, 0.2) is 0 Å². The summed E-state index contributed by atoms with van der Waals surface area (Å²) in [5.74, 6) is 2.07. The second-order valence-corrected chi connectivity index (χ2v) is 6.43. The third-order valence-corrected chi connectivity index (χ3v) is 4.29. The van der Waals surface area contributed by atoms with Crippen molar-refractivity contribution >= 4 is 0 Å². The Balaban J connectivity index is 2.99. The van der Waals surface area contributed by atoms with E-state index in [2.05, 4.69) is 45.9 Å². The monoisotopic (exact) mass is 307 g/mol. The SMILES string of the molecule is CCCOc1ccc(C(CC)CC(CN)CO)cc1C(C)C. The molecule has 1 aromatic carbocycles. The molecular weight excluding hydrogens is 274 g/mol. The lowest BCUT2D eigenvalue weighted by atomic mass is 9.85. The van der Waals surface area contributed by atoms with E-state index in [1.165, 1.54) is 11.1 Å². The molecule has 3 nitrogen and oxygen atoms in total. The fourth-order valence-corrected chi connectivity index (χ4v) is 2.80. The standard InChI is InChI=1S/C19H33NO2/c1-5-9-22-19-8-7-17(11-18(19)14(3)4)16(6-2)10-15(12-20)13-21/h7-8,11,14-16,21H,5-6,9-10,12-13,20H2,1-4H3. The molecule has 0 aromatic heterocycles. The summed E-state index contributed by atoms with van der Waals surface area (Å²) in [7, 11) is 0.